The van der Waals surface area contributed by atoms with Crippen molar-refractivity contribution in [2.75, 3.05) is 41.0 Å². The lowest BCUT2D eigenvalue weighted by molar-refractivity contribution is -0.274. The van der Waals surface area contributed by atoms with Crippen molar-refractivity contribution in [1.29, 1.82) is 0 Å². The summed E-state index contributed by atoms with van der Waals surface area (Å²) in [5, 5.41) is 10.8. The summed E-state index contributed by atoms with van der Waals surface area (Å²) in [6.45, 7) is 12.4. The zero-order chi connectivity index (χ0) is 15.2. The fraction of sp³-hybridized carbons (Fsp3) is 1.00. The maximum absolute atomic E-state index is 7.83. The lowest BCUT2D eigenvalue weighted by Gasteiger charge is -1.98. The highest BCUT2D eigenvalue weighted by Gasteiger charge is 1.91. The number of hydrogen-bond donors (Lipinski definition) is 2. The lowest BCUT2D eigenvalue weighted by Crippen LogP contribution is -2.01. The standard InChI is InChI=1S/C4H10O2.C3H9N.2C3H8O.4CH4/c1-3-4(2)6-5;3*1-3-4-2;;;;/h4-5H,3H2,1-2H3;4H,3H2,1-2H3;2*3H2,1-2H3;4*1H4. The third-order valence-electron chi connectivity index (χ3n) is 1.69. The van der Waals surface area contributed by atoms with Crippen molar-refractivity contribution < 1.29 is 19.6 Å². The van der Waals surface area contributed by atoms with E-state index < -0.39 is 0 Å². The molecule has 2 N–H and O–H groups in total. The Bertz CT molecular complexity index is 77.2. The van der Waals surface area contributed by atoms with Crippen LogP contribution in [0.3, 0.4) is 0 Å². The second kappa shape index (κ2) is 69.9. The van der Waals surface area contributed by atoms with E-state index >= 15 is 0 Å². The molecule has 1 unspecified atom stereocenters. The summed E-state index contributed by atoms with van der Waals surface area (Å²) >= 11 is 0. The molecule has 0 bridgehead atoms. The van der Waals surface area contributed by atoms with E-state index in [-0.39, 0.29) is 35.8 Å². The Morgan fingerprint density at radius 1 is 0.864 bits per heavy atom. The predicted molar refractivity (Wildman–Crippen MR) is 105 cm³/mol. The molecular weight excluding hydrogens is 282 g/mol. The van der Waals surface area contributed by atoms with Crippen LogP contribution in [-0.2, 0) is 14.4 Å². The Kier molecular flexibility index (Phi) is 157. The van der Waals surface area contributed by atoms with E-state index in [0.717, 1.165) is 26.2 Å². The van der Waals surface area contributed by atoms with Gasteiger partial charge in [0.05, 0.1) is 6.10 Å². The lowest BCUT2D eigenvalue weighted by atomic mass is 10.3. The molecule has 0 aromatic carbocycles. The molecule has 0 aliphatic rings. The maximum atomic E-state index is 7.83. The summed E-state index contributed by atoms with van der Waals surface area (Å²) < 4.78 is 9.08. The van der Waals surface area contributed by atoms with Gasteiger partial charge in [0.1, 0.15) is 0 Å². The van der Waals surface area contributed by atoms with Crippen LogP contribution in [0.4, 0.5) is 0 Å². The molecule has 148 valence electrons. The van der Waals surface area contributed by atoms with Crippen molar-refractivity contribution in [3.63, 3.8) is 0 Å². The van der Waals surface area contributed by atoms with E-state index in [0.29, 0.717) is 0 Å². The molecule has 0 saturated heterocycles. The van der Waals surface area contributed by atoms with Crippen LogP contribution in [0.1, 0.15) is 70.7 Å². The minimum atomic E-state index is -0.00926. The van der Waals surface area contributed by atoms with Gasteiger partial charge in [-0.2, -0.15) is 0 Å². The van der Waals surface area contributed by atoms with Gasteiger partial charge in [-0.05, 0) is 40.8 Å². The van der Waals surface area contributed by atoms with Crippen LogP contribution in [0.5, 0.6) is 0 Å². The highest BCUT2D eigenvalue weighted by molar-refractivity contribution is 4.36. The molecule has 0 radical (unpaired) electrons. The van der Waals surface area contributed by atoms with Crippen molar-refractivity contribution in [1.82, 2.24) is 5.32 Å². The first-order valence-corrected chi connectivity index (χ1v) is 6.48. The molecule has 0 fully saturated rings. The Balaban J connectivity index is -0.0000000190. The largest absolute Gasteiger partial charge is 0.385 e. The summed E-state index contributed by atoms with van der Waals surface area (Å²) in [4.78, 5) is 3.90. The molecule has 0 saturated carbocycles. The Morgan fingerprint density at radius 3 is 1.09 bits per heavy atom. The van der Waals surface area contributed by atoms with Gasteiger partial charge < -0.3 is 14.8 Å². The molecule has 22 heavy (non-hydrogen) atoms. The van der Waals surface area contributed by atoms with Gasteiger partial charge in [-0.15, -0.1) is 0 Å². The van der Waals surface area contributed by atoms with Crippen molar-refractivity contribution in [3.05, 3.63) is 0 Å². The molecule has 0 rings (SSSR count). The highest BCUT2D eigenvalue weighted by Crippen LogP contribution is 1.89. The van der Waals surface area contributed by atoms with Crippen LogP contribution >= 0.6 is 0 Å². The fourth-order valence-electron chi connectivity index (χ4n) is 0.0745. The molecule has 0 spiro atoms. The summed E-state index contributed by atoms with van der Waals surface area (Å²) in [5.74, 6) is 0. The van der Waals surface area contributed by atoms with Crippen LogP contribution in [0.2, 0.25) is 0 Å². The van der Waals surface area contributed by atoms with Crippen molar-refractivity contribution in [2.24, 2.45) is 0 Å². The number of rotatable bonds is 5. The van der Waals surface area contributed by atoms with Crippen LogP contribution < -0.4 is 5.32 Å². The molecule has 0 amide bonds. The number of ether oxygens (including phenoxy) is 2. The molecule has 1 atom stereocenters. The molecule has 0 aliphatic heterocycles. The summed E-state index contributed by atoms with van der Waals surface area (Å²) in [7, 11) is 5.29. The average Bonchev–Trinajstić information content (AvgIpc) is 2.46. The second-order valence-electron chi connectivity index (χ2n) is 3.19. The minimum Gasteiger partial charge on any atom is -0.385 e. The fourth-order valence-corrected chi connectivity index (χ4v) is 0.0745. The number of hydrogen-bond acceptors (Lipinski definition) is 5. The van der Waals surface area contributed by atoms with Gasteiger partial charge >= 0.3 is 0 Å². The molecule has 0 heterocycles. The van der Waals surface area contributed by atoms with Crippen LogP contribution in [0.25, 0.3) is 0 Å². The third-order valence-corrected chi connectivity index (χ3v) is 1.69. The smallest absolute Gasteiger partial charge is 0.0896 e. The Morgan fingerprint density at radius 2 is 1.09 bits per heavy atom. The zero-order valence-corrected chi connectivity index (χ0v) is 13.6. The monoisotopic (exact) mass is 333 g/mol. The molecule has 0 aromatic rings. The first-order valence-electron chi connectivity index (χ1n) is 6.48. The quantitative estimate of drug-likeness (QED) is 0.524. The van der Waals surface area contributed by atoms with Crippen LogP contribution in [-0.4, -0.2) is 52.4 Å². The first kappa shape index (κ1) is 49.5. The van der Waals surface area contributed by atoms with Gasteiger partial charge in [0.25, 0.3) is 0 Å². The van der Waals surface area contributed by atoms with Gasteiger partial charge in [-0.1, -0.05) is 43.6 Å². The maximum Gasteiger partial charge on any atom is 0.0896 e. The topological polar surface area (TPSA) is 60.0 Å². The van der Waals surface area contributed by atoms with E-state index in [2.05, 4.69) is 26.6 Å². The van der Waals surface area contributed by atoms with E-state index in [4.69, 9.17) is 5.26 Å². The van der Waals surface area contributed by atoms with Crippen LogP contribution in [0.15, 0.2) is 0 Å². The summed E-state index contributed by atoms with van der Waals surface area (Å²) in [6.07, 6.45) is 0.848. The predicted octanol–water partition coefficient (Wildman–Crippen LogP) is 5.35. The van der Waals surface area contributed by atoms with E-state index in [1.165, 1.54) is 0 Å². The number of nitrogens with one attached hydrogen (secondary N) is 1. The number of methoxy groups -OCH3 is 2. The van der Waals surface area contributed by atoms with Crippen molar-refractivity contribution >= 4 is 0 Å². The van der Waals surface area contributed by atoms with Gasteiger partial charge in [0.2, 0.25) is 0 Å². The van der Waals surface area contributed by atoms with E-state index in [1.54, 1.807) is 21.1 Å². The second-order valence-corrected chi connectivity index (χ2v) is 3.19. The van der Waals surface area contributed by atoms with E-state index in [1.807, 2.05) is 27.8 Å². The minimum absolute atomic E-state index is 0. The first-order chi connectivity index (χ1) is 8.55. The molecule has 5 heteroatoms. The van der Waals surface area contributed by atoms with Crippen molar-refractivity contribution in [3.8, 4) is 0 Å². The molecule has 5 nitrogen and oxygen atoms in total. The van der Waals surface area contributed by atoms with E-state index in [9.17, 15) is 0 Å². The summed E-state index contributed by atoms with van der Waals surface area (Å²) in [5.41, 5.74) is 0. The SMILES string of the molecule is C.C.C.C.CCC(C)OO.CCNC.CCOC.CCOC. The van der Waals surface area contributed by atoms with Gasteiger partial charge in [0.15, 0.2) is 0 Å². The van der Waals surface area contributed by atoms with Gasteiger partial charge in [-0.25, -0.2) is 4.89 Å². The van der Waals surface area contributed by atoms with Gasteiger partial charge in [-0.3, -0.25) is 5.26 Å². The average molecular weight is 334 g/mol. The third kappa shape index (κ3) is 151. The molecule has 0 aliphatic carbocycles. The molecular formula is C17H51NO4. The van der Waals surface area contributed by atoms with Gasteiger partial charge in [0, 0.05) is 27.4 Å². The molecule has 0 aromatic heterocycles. The Labute approximate surface area is 143 Å². The van der Waals surface area contributed by atoms with Crippen molar-refractivity contribution in [2.45, 2.75) is 76.9 Å². The summed E-state index contributed by atoms with van der Waals surface area (Å²) in [6, 6.07) is 0. The zero-order valence-electron chi connectivity index (χ0n) is 13.6. The van der Waals surface area contributed by atoms with Crippen LogP contribution in [0, 0.1) is 0 Å². The Hall–Kier alpha value is -0.200. The highest BCUT2D eigenvalue weighted by atomic mass is 17.1. The normalized spacial score (nSPS) is 8.05.